The highest BCUT2D eigenvalue weighted by atomic mass is 35.5. The predicted molar refractivity (Wildman–Crippen MR) is 111 cm³/mol. The molecule has 3 rings (SSSR count). The van der Waals surface area contributed by atoms with Gasteiger partial charge in [0.1, 0.15) is 0 Å². The number of anilines is 2. The van der Waals surface area contributed by atoms with E-state index in [1.165, 1.54) is 11.8 Å². The normalized spacial score (nSPS) is 10.8. The lowest BCUT2D eigenvalue weighted by molar-refractivity contribution is -0.113. The zero-order chi connectivity index (χ0) is 19.4. The van der Waals surface area contributed by atoms with E-state index in [1.54, 1.807) is 18.2 Å². The van der Waals surface area contributed by atoms with E-state index in [4.69, 9.17) is 28.9 Å². The molecule has 0 aliphatic heterocycles. The molecule has 1 amide bonds. The molecule has 0 atom stereocenters. The van der Waals surface area contributed by atoms with Crippen molar-refractivity contribution in [2.45, 2.75) is 18.6 Å². The van der Waals surface area contributed by atoms with Crippen molar-refractivity contribution in [2.75, 3.05) is 16.8 Å². The van der Waals surface area contributed by atoms with Gasteiger partial charge in [0.25, 0.3) is 0 Å². The second-order valence-corrected chi connectivity index (χ2v) is 7.42. The lowest BCUT2D eigenvalue weighted by Gasteiger charge is -2.09. The molecule has 1 heterocycles. The first-order valence-electron chi connectivity index (χ1n) is 8.14. The summed E-state index contributed by atoms with van der Waals surface area (Å²) in [5.74, 6) is 0.697. The van der Waals surface area contributed by atoms with Crippen molar-refractivity contribution in [3.05, 3.63) is 52.5 Å². The Morgan fingerprint density at radius 3 is 2.74 bits per heavy atom. The Morgan fingerprint density at radius 1 is 1.22 bits per heavy atom. The average molecular weight is 422 g/mol. The SMILES string of the molecule is CCn1c(SCC(=O)Nc2ccc(Cl)cc2Cl)nnc1-c1cccc(N)c1. The van der Waals surface area contributed by atoms with Gasteiger partial charge in [-0.05, 0) is 37.3 Å². The first-order chi connectivity index (χ1) is 13.0. The van der Waals surface area contributed by atoms with E-state index < -0.39 is 0 Å². The maximum absolute atomic E-state index is 12.2. The van der Waals surface area contributed by atoms with Crippen LogP contribution in [-0.2, 0) is 11.3 Å². The van der Waals surface area contributed by atoms with Crippen LogP contribution in [0.5, 0.6) is 0 Å². The van der Waals surface area contributed by atoms with Gasteiger partial charge in [-0.2, -0.15) is 0 Å². The molecular weight excluding hydrogens is 405 g/mol. The maximum Gasteiger partial charge on any atom is 0.234 e. The van der Waals surface area contributed by atoms with Crippen molar-refractivity contribution in [1.82, 2.24) is 14.8 Å². The van der Waals surface area contributed by atoms with Crippen molar-refractivity contribution in [2.24, 2.45) is 0 Å². The fourth-order valence-electron chi connectivity index (χ4n) is 2.48. The monoisotopic (exact) mass is 421 g/mol. The van der Waals surface area contributed by atoms with Gasteiger partial charge in [0.15, 0.2) is 11.0 Å². The number of hydrogen-bond acceptors (Lipinski definition) is 5. The molecule has 3 aromatic rings. The molecule has 0 unspecified atom stereocenters. The molecule has 0 saturated heterocycles. The van der Waals surface area contributed by atoms with Crippen LogP contribution in [-0.4, -0.2) is 26.4 Å². The molecule has 1 aromatic heterocycles. The number of amides is 1. The zero-order valence-corrected chi connectivity index (χ0v) is 16.8. The predicted octanol–water partition coefficient (Wildman–Crippen LogP) is 4.58. The van der Waals surface area contributed by atoms with Crippen LogP contribution < -0.4 is 11.1 Å². The topological polar surface area (TPSA) is 85.8 Å². The van der Waals surface area contributed by atoms with Crippen LogP contribution in [0.2, 0.25) is 10.0 Å². The minimum Gasteiger partial charge on any atom is -0.399 e. The second kappa shape index (κ2) is 8.65. The third-order valence-corrected chi connectivity index (χ3v) is 5.23. The van der Waals surface area contributed by atoms with E-state index in [-0.39, 0.29) is 11.7 Å². The fourth-order valence-corrected chi connectivity index (χ4v) is 3.74. The molecular formula is C18H17Cl2N5OS. The molecule has 0 spiro atoms. The Kier molecular flexibility index (Phi) is 6.26. The number of benzene rings is 2. The zero-order valence-electron chi connectivity index (χ0n) is 14.4. The summed E-state index contributed by atoms with van der Waals surface area (Å²) in [6.45, 7) is 2.67. The standard InChI is InChI=1S/C18H17Cl2N5OS/c1-2-25-17(11-4-3-5-13(21)8-11)23-24-18(25)27-10-16(26)22-15-7-6-12(19)9-14(15)20/h3-9H,2,10,21H2,1H3,(H,22,26). The quantitative estimate of drug-likeness (QED) is 0.449. The number of nitrogen functional groups attached to an aromatic ring is 1. The molecule has 27 heavy (non-hydrogen) atoms. The third-order valence-electron chi connectivity index (χ3n) is 3.72. The molecule has 0 aliphatic carbocycles. The van der Waals surface area contributed by atoms with Crippen molar-refractivity contribution in [3.8, 4) is 11.4 Å². The Bertz CT molecular complexity index is 976. The van der Waals surface area contributed by atoms with Gasteiger partial charge in [-0.1, -0.05) is 47.1 Å². The molecule has 0 radical (unpaired) electrons. The first kappa shape index (κ1) is 19.5. The van der Waals surface area contributed by atoms with Crippen molar-refractivity contribution < 1.29 is 4.79 Å². The van der Waals surface area contributed by atoms with Crippen molar-refractivity contribution in [3.63, 3.8) is 0 Å². The molecule has 0 saturated carbocycles. The molecule has 0 aliphatic rings. The highest BCUT2D eigenvalue weighted by Crippen LogP contribution is 2.27. The molecule has 140 valence electrons. The van der Waals surface area contributed by atoms with E-state index >= 15 is 0 Å². The Balaban J connectivity index is 1.70. The summed E-state index contributed by atoms with van der Waals surface area (Å²) in [5, 5.41) is 12.8. The van der Waals surface area contributed by atoms with E-state index in [0.717, 1.165) is 5.56 Å². The van der Waals surface area contributed by atoms with Crippen LogP contribution in [0.1, 0.15) is 6.92 Å². The summed E-state index contributed by atoms with van der Waals surface area (Å²) in [4.78, 5) is 12.2. The number of carbonyl (C=O) groups is 1. The number of rotatable bonds is 6. The summed E-state index contributed by atoms with van der Waals surface area (Å²) in [7, 11) is 0. The van der Waals surface area contributed by atoms with E-state index in [2.05, 4.69) is 15.5 Å². The number of halogens is 2. The number of nitrogens with two attached hydrogens (primary N) is 1. The smallest absolute Gasteiger partial charge is 0.234 e. The highest BCUT2D eigenvalue weighted by Gasteiger charge is 2.15. The van der Waals surface area contributed by atoms with Crippen LogP contribution in [0, 0.1) is 0 Å². The van der Waals surface area contributed by atoms with Gasteiger partial charge in [0, 0.05) is 22.8 Å². The summed E-state index contributed by atoms with van der Waals surface area (Å²) in [6.07, 6.45) is 0. The van der Waals surface area contributed by atoms with Gasteiger partial charge in [-0.15, -0.1) is 10.2 Å². The number of carbonyl (C=O) groups excluding carboxylic acids is 1. The van der Waals surface area contributed by atoms with Crippen LogP contribution in [0.25, 0.3) is 11.4 Å². The maximum atomic E-state index is 12.2. The largest absolute Gasteiger partial charge is 0.399 e. The van der Waals surface area contributed by atoms with Gasteiger partial charge in [-0.3, -0.25) is 4.79 Å². The third kappa shape index (κ3) is 4.74. The van der Waals surface area contributed by atoms with Crippen LogP contribution in [0.15, 0.2) is 47.6 Å². The highest BCUT2D eigenvalue weighted by molar-refractivity contribution is 7.99. The number of thioether (sulfide) groups is 1. The van der Waals surface area contributed by atoms with Gasteiger partial charge in [-0.25, -0.2) is 0 Å². The molecule has 0 fully saturated rings. The molecule has 0 bridgehead atoms. The summed E-state index contributed by atoms with van der Waals surface area (Å²) < 4.78 is 1.95. The van der Waals surface area contributed by atoms with Gasteiger partial charge in [0.05, 0.1) is 16.5 Å². The fraction of sp³-hybridized carbons (Fsp3) is 0.167. The van der Waals surface area contributed by atoms with E-state index in [0.29, 0.717) is 38.9 Å². The molecule has 6 nitrogen and oxygen atoms in total. The lowest BCUT2D eigenvalue weighted by Crippen LogP contribution is -2.15. The minimum atomic E-state index is -0.194. The van der Waals surface area contributed by atoms with Crippen molar-refractivity contribution in [1.29, 1.82) is 0 Å². The van der Waals surface area contributed by atoms with E-state index in [9.17, 15) is 4.79 Å². The Hall–Kier alpha value is -2.22. The molecule has 9 heteroatoms. The summed E-state index contributed by atoms with van der Waals surface area (Å²) in [5.41, 5.74) is 7.91. The van der Waals surface area contributed by atoms with Gasteiger partial charge >= 0.3 is 0 Å². The minimum absolute atomic E-state index is 0.175. The molecule has 3 N–H and O–H groups in total. The average Bonchev–Trinajstić information content (AvgIpc) is 3.05. The van der Waals surface area contributed by atoms with Crippen molar-refractivity contribution >= 4 is 52.2 Å². The number of aromatic nitrogens is 3. The second-order valence-electron chi connectivity index (χ2n) is 5.64. The van der Waals surface area contributed by atoms with E-state index in [1.807, 2.05) is 35.8 Å². The number of nitrogens with zero attached hydrogens (tertiary/aromatic N) is 3. The number of nitrogens with one attached hydrogen (secondary N) is 1. The molecule has 2 aromatic carbocycles. The lowest BCUT2D eigenvalue weighted by atomic mass is 10.2. The van der Waals surface area contributed by atoms with Crippen LogP contribution in [0.4, 0.5) is 11.4 Å². The Morgan fingerprint density at radius 2 is 2.04 bits per heavy atom. The van der Waals surface area contributed by atoms with Crippen LogP contribution in [0.3, 0.4) is 0 Å². The Labute approximate surface area is 171 Å². The van der Waals surface area contributed by atoms with Crippen LogP contribution >= 0.6 is 35.0 Å². The first-order valence-corrected chi connectivity index (χ1v) is 9.89. The van der Waals surface area contributed by atoms with Gasteiger partial charge in [0.2, 0.25) is 5.91 Å². The van der Waals surface area contributed by atoms with Gasteiger partial charge < -0.3 is 15.6 Å². The summed E-state index contributed by atoms with van der Waals surface area (Å²) in [6, 6.07) is 12.4. The summed E-state index contributed by atoms with van der Waals surface area (Å²) >= 11 is 13.2. The number of hydrogen-bond donors (Lipinski definition) is 2.